The van der Waals surface area contributed by atoms with Gasteiger partial charge in [-0.3, -0.25) is 9.59 Å². The Hall–Kier alpha value is -3.45. The van der Waals surface area contributed by atoms with E-state index >= 15 is 0 Å². The zero-order chi connectivity index (χ0) is 35.4. The standard InChI is InChI=1S/C35H45ClF2N4O5S/c1-4-8-29(9-5-2)48(46,47)22-31(41-34(44)26-12-13-33(36)40-19-26)35(45)42(20-24-11-7-10-23(6-3)14-24)21-32(43)30(39)17-25-15-27(37)18-28(38)16-25/h7,10-16,18-19,29-32,43H,4-6,8-9,17,20-22,39H2,1-3H3,(H,41,44)/t30-,31?,32+/m0/s1. The van der Waals surface area contributed by atoms with E-state index in [0.717, 1.165) is 30.2 Å². The molecule has 1 heterocycles. The van der Waals surface area contributed by atoms with Gasteiger partial charge >= 0.3 is 0 Å². The number of sulfone groups is 1. The largest absolute Gasteiger partial charge is 0.390 e. The van der Waals surface area contributed by atoms with Crippen molar-refractivity contribution in [2.75, 3.05) is 12.3 Å². The van der Waals surface area contributed by atoms with Gasteiger partial charge in [-0.2, -0.15) is 0 Å². The number of aliphatic hydroxyl groups excluding tert-OH is 1. The molecule has 262 valence electrons. The van der Waals surface area contributed by atoms with Crippen LogP contribution in [0.25, 0.3) is 0 Å². The van der Waals surface area contributed by atoms with E-state index in [9.17, 15) is 31.9 Å². The summed E-state index contributed by atoms with van der Waals surface area (Å²) in [6.07, 6.45) is 2.49. The van der Waals surface area contributed by atoms with E-state index in [1.54, 1.807) is 6.07 Å². The number of hydrogen-bond acceptors (Lipinski definition) is 7. The van der Waals surface area contributed by atoms with Crippen molar-refractivity contribution in [3.8, 4) is 0 Å². The number of nitrogens with zero attached hydrogens (tertiary/aromatic N) is 2. The molecular weight excluding hydrogens is 662 g/mol. The molecule has 0 aliphatic heterocycles. The summed E-state index contributed by atoms with van der Waals surface area (Å²) < 4.78 is 55.2. The molecule has 0 aliphatic rings. The lowest BCUT2D eigenvalue weighted by Gasteiger charge is -2.32. The molecule has 3 rings (SSSR count). The molecule has 0 fully saturated rings. The third kappa shape index (κ3) is 11.6. The highest BCUT2D eigenvalue weighted by Gasteiger charge is 2.36. The molecule has 1 aromatic heterocycles. The van der Waals surface area contributed by atoms with Gasteiger partial charge in [-0.15, -0.1) is 0 Å². The van der Waals surface area contributed by atoms with Crippen LogP contribution in [0.5, 0.6) is 0 Å². The second-order valence-corrected chi connectivity index (χ2v) is 14.7. The van der Waals surface area contributed by atoms with Crippen LogP contribution in [0.15, 0.2) is 60.8 Å². The molecule has 0 saturated heterocycles. The van der Waals surface area contributed by atoms with Crippen molar-refractivity contribution in [2.24, 2.45) is 5.73 Å². The number of rotatable bonds is 18. The van der Waals surface area contributed by atoms with E-state index in [-0.39, 0.29) is 35.8 Å². The maximum Gasteiger partial charge on any atom is 0.253 e. The van der Waals surface area contributed by atoms with Gasteiger partial charge in [0, 0.05) is 31.4 Å². The lowest BCUT2D eigenvalue weighted by molar-refractivity contribution is -0.135. The fourth-order valence-corrected chi connectivity index (χ4v) is 7.83. The summed E-state index contributed by atoms with van der Waals surface area (Å²) in [6, 6.07) is 10.6. The number of carbonyl (C=O) groups excluding carboxylic acids is 2. The highest BCUT2D eigenvalue weighted by atomic mass is 35.5. The molecule has 48 heavy (non-hydrogen) atoms. The van der Waals surface area contributed by atoms with Gasteiger partial charge in [0.05, 0.1) is 22.7 Å². The Morgan fingerprint density at radius 2 is 1.62 bits per heavy atom. The van der Waals surface area contributed by atoms with Crippen molar-refractivity contribution in [3.63, 3.8) is 0 Å². The van der Waals surface area contributed by atoms with Gasteiger partial charge in [-0.25, -0.2) is 22.2 Å². The number of hydrogen-bond donors (Lipinski definition) is 3. The molecule has 0 spiro atoms. The Kier molecular flexibility index (Phi) is 14.9. The molecule has 2 amide bonds. The maximum atomic E-state index is 14.4. The molecule has 0 bridgehead atoms. The lowest BCUT2D eigenvalue weighted by atomic mass is 10.0. The van der Waals surface area contributed by atoms with Gasteiger partial charge in [0.25, 0.3) is 5.91 Å². The predicted octanol–water partition coefficient (Wildman–Crippen LogP) is 5.02. The first-order chi connectivity index (χ1) is 22.8. The molecule has 0 saturated carbocycles. The average Bonchev–Trinajstić information content (AvgIpc) is 3.03. The van der Waals surface area contributed by atoms with Crippen LogP contribution in [0, 0.1) is 11.6 Å². The van der Waals surface area contributed by atoms with E-state index in [1.807, 2.05) is 39.0 Å². The van der Waals surface area contributed by atoms with Crippen LogP contribution in [-0.4, -0.2) is 71.0 Å². The molecule has 0 radical (unpaired) electrons. The molecule has 2 aromatic carbocycles. The Labute approximate surface area is 286 Å². The number of aliphatic hydroxyl groups is 1. The summed E-state index contributed by atoms with van der Waals surface area (Å²) in [5, 5.41) is 13.3. The minimum atomic E-state index is -3.89. The Balaban J connectivity index is 1.99. The van der Waals surface area contributed by atoms with Crippen molar-refractivity contribution in [1.82, 2.24) is 15.2 Å². The lowest BCUT2D eigenvalue weighted by Crippen LogP contribution is -2.55. The quantitative estimate of drug-likeness (QED) is 0.158. The van der Waals surface area contributed by atoms with E-state index in [4.69, 9.17) is 17.3 Å². The fraction of sp³-hybridized carbons (Fsp3) is 0.457. The van der Waals surface area contributed by atoms with Crippen molar-refractivity contribution in [2.45, 2.75) is 89.3 Å². The first-order valence-corrected chi connectivity index (χ1v) is 18.2. The highest BCUT2D eigenvalue weighted by molar-refractivity contribution is 7.92. The summed E-state index contributed by atoms with van der Waals surface area (Å²) in [5.74, 6) is -3.72. The van der Waals surface area contributed by atoms with Crippen LogP contribution in [0.3, 0.4) is 0 Å². The van der Waals surface area contributed by atoms with E-state index in [0.29, 0.717) is 31.2 Å². The average molecular weight is 707 g/mol. The molecule has 3 atom stereocenters. The van der Waals surface area contributed by atoms with Gasteiger partial charge in [-0.05, 0) is 66.6 Å². The number of halogens is 3. The van der Waals surface area contributed by atoms with Crippen LogP contribution < -0.4 is 11.1 Å². The zero-order valence-corrected chi connectivity index (χ0v) is 29.1. The summed E-state index contributed by atoms with van der Waals surface area (Å²) >= 11 is 5.88. The second kappa shape index (κ2) is 18.4. The summed E-state index contributed by atoms with van der Waals surface area (Å²) in [4.78, 5) is 32.9. The summed E-state index contributed by atoms with van der Waals surface area (Å²) in [7, 11) is -3.89. The Morgan fingerprint density at radius 1 is 0.979 bits per heavy atom. The van der Waals surface area contributed by atoms with E-state index in [2.05, 4.69) is 10.3 Å². The number of aromatic nitrogens is 1. The number of nitrogens with one attached hydrogen (secondary N) is 1. The van der Waals surface area contributed by atoms with Crippen LogP contribution in [0.1, 0.15) is 73.5 Å². The molecular formula is C35H45ClF2N4O5S. The number of pyridine rings is 1. The molecule has 0 aliphatic carbocycles. The van der Waals surface area contributed by atoms with Crippen LogP contribution in [0.4, 0.5) is 8.78 Å². The normalized spacial score (nSPS) is 13.6. The van der Waals surface area contributed by atoms with Crippen molar-refractivity contribution in [1.29, 1.82) is 0 Å². The maximum absolute atomic E-state index is 14.4. The SMILES string of the molecule is CCCC(CCC)S(=O)(=O)CC(NC(=O)c1ccc(Cl)nc1)C(=O)N(Cc1cccc(CC)c1)C[C@@H](O)[C@@H](N)Cc1cc(F)cc(F)c1. The highest BCUT2D eigenvalue weighted by Crippen LogP contribution is 2.20. The van der Waals surface area contributed by atoms with Crippen LogP contribution in [0.2, 0.25) is 5.15 Å². The number of benzene rings is 2. The number of nitrogens with two attached hydrogens (primary N) is 1. The van der Waals surface area contributed by atoms with Crippen molar-refractivity contribution >= 4 is 33.3 Å². The smallest absolute Gasteiger partial charge is 0.253 e. The Morgan fingerprint density at radius 3 is 2.21 bits per heavy atom. The number of carbonyl (C=O) groups is 2. The second-order valence-electron chi connectivity index (χ2n) is 12.0. The third-order valence-corrected chi connectivity index (χ3v) is 10.6. The van der Waals surface area contributed by atoms with Crippen molar-refractivity contribution in [3.05, 3.63) is 99.8 Å². The van der Waals surface area contributed by atoms with Gasteiger partial charge in [0.2, 0.25) is 5.91 Å². The number of amides is 2. The third-order valence-electron chi connectivity index (χ3n) is 8.10. The first-order valence-electron chi connectivity index (χ1n) is 16.1. The summed E-state index contributed by atoms with van der Waals surface area (Å²) in [5.41, 5.74) is 8.27. The molecule has 9 nitrogen and oxygen atoms in total. The molecule has 13 heteroatoms. The Bertz CT molecular complexity index is 1600. The fourth-order valence-electron chi connectivity index (χ4n) is 5.56. The predicted molar refractivity (Wildman–Crippen MR) is 183 cm³/mol. The van der Waals surface area contributed by atoms with Gasteiger partial charge in [0.1, 0.15) is 22.8 Å². The summed E-state index contributed by atoms with van der Waals surface area (Å²) in [6.45, 7) is 5.35. The molecule has 1 unspecified atom stereocenters. The minimum Gasteiger partial charge on any atom is -0.390 e. The molecule has 3 aromatic rings. The van der Waals surface area contributed by atoms with Crippen molar-refractivity contribution < 1.29 is 31.9 Å². The minimum absolute atomic E-state index is 0.0344. The monoisotopic (exact) mass is 706 g/mol. The van der Waals surface area contributed by atoms with Gasteiger partial charge in [0.15, 0.2) is 9.84 Å². The van der Waals surface area contributed by atoms with E-state index in [1.165, 1.54) is 23.2 Å². The topological polar surface area (TPSA) is 143 Å². The van der Waals surface area contributed by atoms with Crippen LogP contribution in [-0.2, 0) is 34.0 Å². The van der Waals surface area contributed by atoms with Gasteiger partial charge < -0.3 is 21.1 Å². The van der Waals surface area contributed by atoms with Gasteiger partial charge in [-0.1, -0.05) is 69.5 Å². The zero-order valence-electron chi connectivity index (χ0n) is 27.5. The number of aryl methyl sites for hydroxylation is 1. The molecule has 4 N–H and O–H groups in total. The van der Waals surface area contributed by atoms with E-state index < -0.39 is 62.5 Å². The van der Waals surface area contributed by atoms with Crippen LogP contribution >= 0.6 is 11.6 Å². The first kappa shape index (κ1) is 39.0.